The largest absolute Gasteiger partial charge is 0.493 e. The molecule has 0 aromatic heterocycles. The highest BCUT2D eigenvalue weighted by atomic mass is 35.5. The van der Waals surface area contributed by atoms with E-state index in [2.05, 4.69) is 15.1 Å². The molecule has 0 saturated carbocycles. The number of likely N-dealkylation sites (tertiary alicyclic amines) is 2. The Morgan fingerprint density at radius 1 is 1.00 bits per heavy atom. The highest BCUT2D eigenvalue weighted by molar-refractivity contribution is 6.32. The summed E-state index contributed by atoms with van der Waals surface area (Å²) in [5, 5.41) is 18.3. The molecule has 0 atom stereocenters. The topological polar surface area (TPSA) is 129 Å². The summed E-state index contributed by atoms with van der Waals surface area (Å²) in [7, 11) is 1.62. The molecule has 0 radical (unpaired) electrons. The zero-order valence-electron chi connectivity index (χ0n) is 22.6. The molecule has 40 heavy (non-hydrogen) atoms. The number of nitrogens with one attached hydrogen (secondary N) is 1. The number of hydrogen-bond acceptors (Lipinski definition) is 7. The van der Waals surface area contributed by atoms with Gasteiger partial charge >= 0.3 is 11.9 Å². The second-order valence-corrected chi connectivity index (χ2v) is 9.89. The number of carbonyl (C=O) groups is 3. The number of carboxylic acids is 2. The quantitative estimate of drug-likeness (QED) is 0.300. The van der Waals surface area contributed by atoms with Crippen molar-refractivity contribution in [1.82, 2.24) is 9.80 Å². The number of hydrogen-bond donors (Lipinski definition) is 3. The van der Waals surface area contributed by atoms with Crippen molar-refractivity contribution in [3.8, 4) is 11.5 Å². The molecule has 10 nitrogen and oxygen atoms in total. The summed E-state index contributed by atoms with van der Waals surface area (Å²) < 4.78 is 11.5. The molecule has 2 fully saturated rings. The van der Waals surface area contributed by atoms with Gasteiger partial charge in [-0.25, -0.2) is 9.59 Å². The predicted molar refractivity (Wildman–Crippen MR) is 153 cm³/mol. The molecular formula is C29H36ClN3O7. The Morgan fingerprint density at radius 3 is 2.30 bits per heavy atom. The van der Waals surface area contributed by atoms with E-state index in [-0.39, 0.29) is 5.91 Å². The van der Waals surface area contributed by atoms with Gasteiger partial charge in [0.05, 0.1) is 7.11 Å². The standard InChI is InChI=1S/C27H34ClN3O3.C2H2O4/c1-33-25-10-9-22(29-27(32)11-8-21-6-2-3-7-24(21)28)20-26(25)34-19-18-30-16-12-23(13-17-30)31-14-4-5-15-31;3-1(4)2(5)6/h2-3,6-11,20,23H,4-5,12-19H2,1H3,(H,29,32);(H,3,4)(H,5,6)/b11-8+;. The summed E-state index contributed by atoms with van der Waals surface area (Å²) in [5.74, 6) is -2.61. The molecule has 2 aliphatic rings. The van der Waals surface area contributed by atoms with Crippen molar-refractivity contribution in [1.29, 1.82) is 0 Å². The van der Waals surface area contributed by atoms with Crippen LogP contribution in [0.4, 0.5) is 5.69 Å². The number of carbonyl (C=O) groups excluding carboxylic acids is 1. The van der Waals surface area contributed by atoms with Crippen LogP contribution < -0.4 is 14.8 Å². The maximum atomic E-state index is 12.4. The van der Waals surface area contributed by atoms with Crippen molar-refractivity contribution in [3.63, 3.8) is 0 Å². The SMILES string of the molecule is COc1ccc(NC(=O)/C=C/c2ccccc2Cl)cc1OCCN1CCC(N2CCCC2)CC1.O=C(O)C(=O)O. The molecule has 2 heterocycles. The number of amides is 1. The van der Waals surface area contributed by atoms with Gasteiger partial charge in [-0.15, -0.1) is 0 Å². The minimum absolute atomic E-state index is 0.239. The number of ether oxygens (including phenoxy) is 2. The van der Waals surface area contributed by atoms with Gasteiger partial charge in [0.1, 0.15) is 6.61 Å². The average molecular weight is 574 g/mol. The number of carboxylic acid groups (broad SMARTS) is 2. The second kappa shape index (κ2) is 15.9. The summed E-state index contributed by atoms with van der Waals surface area (Å²) in [6.45, 7) is 6.25. The van der Waals surface area contributed by atoms with Gasteiger partial charge in [0.15, 0.2) is 11.5 Å². The molecule has 216 valence electrons. The van der Waals surface area contributed by atoms with Crippen LogP contribution in [-0.4, -0.2) is 90.3 Å². The van der Waals surface area contributed by atoms with Gasteiger partial charge in [0.25, 0.3) is 0 Å². The summed E-state index contributed by atoms with van der Waals surface area (Å²) in [4.78, 5) is 35.7. The van der Waals surface area contributed by atoms with E-state index in [0.717, 1.165) is 31.2 Å². The van der Waals surface area contributed by atoms with Crippen molar-refractivity contribution in [3.05, 3.63) is 59.1 Å². The van der Waals surface area contributed by atoms with Gasteiger partial charge in [-0.1, -0.05) is 29.8 Å². The first kappa shape index (κ1) is 30.9. The molecule has 11 heteroatoms. The Hall–Kier alpha value is -3.60. The van der Waals surface area contributed by atoms with Crippen molar-refractivity contribution in [2.24, 2.45) is 0 Å². The van der Waals surface area contributed by atoms with Crippen molar-refractivity contribution in [2.45, 2.75) is 31.7 Å². The molecule has 0 unspecified atom stereocenters. The van der Waals surface area contributed by atoms with Crippen LogP contribution in [0.1, 0.15) is 31.2 Å². The van der Waals surface area contributed by atoms with E-state index >= 15 is 0 Å². The number of halogens is 1. The van der Waals surface area contributed by atoms with Gasteiger partial charge < -0.3 is 29.9 Å². The maximum Gasteiger partial charge on any atom is 0.414 e. The van der Waals surface area contributed by atoms with E-state index in [0.29, 0.717) is 28.8 Å². The minimum atomic E-state index is -1.82. The lowest BCUT2D eigenvalue weighted by molar-refractivity contribution is -0.159. The highest BCUT2D eigenvalue weighted by Gasteiger charge is 2.26. The van der Waals surface area contributed by atoms with E-state index in [9.17, 15) is 4.79 Å². The maximum absolute atomic E-state index is 12.4. The van der Waals surface area contributed by atoms with Crippen molar-refractivity contribution in [2.75, 3.05) is 51.8 Å². The molecule has 2 saturated heterocycles. The Balaban J connectivity index is 0.000000663. The summed E-state index contributed by atoms with van der Waals surface area (Å²) in [6.07, 6.45) is 8.36. The molecule has 4 rings (SSSR count). The van der Waals surface area contributed by atoms with Gasteiger partial charge in [-0.05, 0) is 81.7 Å². The van der Waals surface area contributed by atoms with E-state index < -0.39 is 11.9 Å². The summed E-state index contributed by atoms with van der Waals surface area (Å²) >= 11 is 6.14. The number of nitrogens with zero attached hydrogens (tertiary/aromatic N) is 2. The van der Waals surface area contributed by atoms with E-state index in [1.165, 1.54) is 44.8 Å². The van der Waals surface area contributed by atoms with Crippen LogP contribution in [-0.2, 0) is 14.4 Å². The predicted octanol–water partition coefficient (Wildman–Crippen LogP) is 4.10. The average Bonchev–Trinajstić information content (AvgIpc) is 3.49. The number of aliphatic carboxylic acids is 2. The Morgan fingerprint density at radius 2 is 1.68 bits per heavy atom. The van der Waals surface area contributed by atoms with Crippen LogP contribution in [0.2, 0.25) is 5.02 Å². The summed E-state index contributed by atoms with van der Waals surface area (Å²) in [5.41, 5.74) is 1.44. The third kappa shape index (κ3) is 9.86. The third-order valence-corrected chi connectivity index (χ3v) is 7.16. The Labute approximate surface area is 239 Å². The van der Waals surface area contributed by atoms with Gasteiger partial charge in [0, 0.05) is 35.4 Å². The number of anilines is 1. The molecule has 3 N–H and O–H groups in total. The van der Waals surface area contributed by atoms with Crippen LogP contribution >= 0.6 is 11.6 Å². The fourth-order valence-corrected chi connectivity index (χ4v) is 4.93. The first-order chi connectivity index (χ1) is 19.3. The van der Waals surface area contributed by atoms with Gasteiger partial charge in [-0.3, -0.25) is 9.69 Å². The van der Waals surface area contributed by atoms with Crippen molar-refractivity contribution < 1.29 is 34.1 Å². The van der Waals surface area contributed by atoms with Crippen molar-refractivity contribution >= 4 is 41.2 Å². The molecule has 1 amide bonds. The number of methoxy groups -OCH3 is 1. The number of rotatable bonds is 9. The monoisotopic (exact) mass is 573 g/mol. The Bertz CT molecular complexity index is 1160. The number of piperidine rings is 1. The molecule has 0 aliphatic carbocycles. The lowest BCUT2D eigenvalue weighted by atomic mass is 10.0. The first-order valence-electron chi connectivity index (χ1n) is 13.2. The van der Waals surface area contributed by atoms with E-state index in [1.54, 1.807) is 31.4 Å². The molecular weight excluding hydrogens is 538 g/mol. The van der Waals surface area contributed by atoms with Crippen LogP contribution in [0.5, 0.6) is 11.5 Å². The molecule has 2 aromatic rings. The fraction of sp³-hybridized carbons (Fsp3) is 0.414. The molecule has 0 bridgehead atoms. The van der Waals surface area contributed by atoms with Gasteiger partial charge in [-0.2, -0.15) is 0 Å². The lowest BCUT2D eigenvalue weighted by Gasteiger charge is -2.36. The van der Waals surface area contributed by atoms with Crippen LogP contribution in [0.25, 0.3) is 6.08 Å². The smallest absolute Gasteiger partial charge is 0.414 e. The van der Waals surface area contributed by atoms with Crippen LogP contribution in [0, 0.1) is 0 Å². The zero-order chi connectivity index (χ0) is 28.9. The first-order valence-corrected chi connectivity index (χ1v) is 13.6. The fourth-order valence-electron chi connectivity index (χ4n) is 4.73. The zero-order valence-corrected chi connectivity index (χ0v) is 23.3. The Kier molecular flexibility index (Phi) is 12.3. The minimum Gasteiger partial charge on any atom is -0.493 e. The normalized spacial score (nSPS) is 16.2. The lowest BCUT2D eigenvalue weighted by Crippen LogP contribution is -2.44. The van der Waals surface area contributed by atoms with E-state index in [4.69, 9.17) is 40.9 Å². The van der Waals surface area contributed by atoms with Crippen LogP contribution in [0.15, 0.2) is 48.5 Å². The van der Waals surface area contributed by atoms with E-state index in [1.807, 2.05) is 24.3 Å². The van der Waals surface area contributed by atoms with Gasteiger partial charge in [0.2, 0.25) is 5.91 Å². The molecule has 2 aromatic carbocycles. The molecule has 0 spiro atoms. The molecule has 2 aliphatic heterocycles. The highest BCUT2D eigenvalue weighted by Crippen LogP contribution is 2.30. The second-order valence-electron chi connectivity index (χ2n) is 9.48. The number of benzene rings is 2. The van der Waals surface area contributed by atoms with Crippen LogP contribution in [0.3, 0.4) is 0 Å². The summed E-state index contributed by atoms with van der Waals surface area (Å²) in [6, 6.07) is 13.6. The third-order valence-electron chi connectivity index (χ3n) is 6.81.